The molecule has 2 nitrogen and oxygen atoms in total. The summed E-state index contributed by atoms with van der Waals surface area (Å²) < 4.78 is 22.3. The molecular weight excluding hydrogens is 208 g/mol. The topological polar surface area (TPSA) is 34.1 Å². The first-order valence-electron chi connectivity index (χ1n) is 4.92. The molecule has 2 fully saturated rings. The Balaban J connectivity index is 2.11. The van der Waals surface area contributed by atoms with Gasteiger partial charge in [-0.25, -0.2) is 8.42 Å². The third kappa shape index (κ3) is 1.73. The Morgan fingerprint density at radius 1 is 1.31 bits per heavy atom. The normalized spacial score (nSPS) is 40.9. The molecule has 2 aliphatic carbocycles. The highest BCUT2D eigenvalue weighted by molar-refractivity contribution is 8.14. The summed E-state index contributed by atoms with van der Waals surface area (Å²) in [5.41, 5.74) is 0. The molecule has 0 aromatic heterocycles. The first kappa shape index (κ1) is 9.78. The van der Waals surface area contributed by atoms with Crippen LogP contribution in [-0.2, 0) is 9.05 Å². The summed E-state index contributed by atoms with van der Waals surface area (Å²) in [7, 11) is 2.04. The van der Waals surface area contributed by atoms with Crippen LogP contribution >= 0.6 is 10.7 Å². The molecule has 0 aliphatic heterocycles. The van der Waals surface area contributed by atoms with E-state index in [1.54, 1.807) is 6.92 Å². The standard InChI is InChI=1S/C9H15ClO2S/c1-6(13(10,11)12)9-5-7-2-3-8(9)4-7/h6-9H,2-5H2,1H3. The van der Waals surface area contributed by atoms with E-state index in [1.807, 2.05) is 0 Å². The largest absolute Gasteiger partial charge is 0.235 e. The lowest BCUT2D eigenvalue weighted by molar-refractivity contribution is 0.326. The Kier molecular flexibility index (Phi) is 2.35. The number of halogens is 1. The monoisotopic (exact) mass is 222 g/mol. The van der Waals surface area contributed by atoms with Gasteiger partial charge in [0.25, 0.3) is 0 Å². The van der Waals surface area contributed by atoms with Crippen LogP contribution in [0, 0.1) is 17.8 Å². The van der Waals surface area contributed by atoms with Crippen molar-refractivity contribution in [2.45, 2.75) is 37.9 Å². The SMILES string of the molecule is CC(C1CC2CCC1C2)S(=O)(=O)Cl. The third-order valence-electron chi connectivity index (χ3n) is 3.84. The highest BCUT2D eigenvalue weighted by atomic mass is 35.7. The van der Waals surface area contributed by atoms with Crippen LogP contribution in [0.1, 0.15) is 32.6 Å². The van der Waals surface area contributed by atoms with Crippen molar-refractivity contribution in [3.63, 3.8) is 0 Å². The van der Waals surface area contributed by atoms with Gasteiger partial charge in [-0.1, -0.05) is 6.42 Å². The van der Waals surface area contributed by atoms with E-state index in [-0.39, 0.29) is 5.25 Å². The smallest absolute Gasteiger partial charge is 0.212 e. The van der Waals surface area contributed by atoms with Crippen molar-refractivity contribution in [1.82, 2.24) is 0 Å². The molecule has 2 saturated carbocycles. The highest BCUT2D eigenvalue weighted by Gasteiger charge is 2.44. The zero-order valence-corrected chi connectivity index (χ0v) is 9.31. The van der Waals surface area contributed by atoms with E-state index in [2.05, 4.69) is 0 Å². The van der Waals surface area contributed by atoms with E-state index in [0.29, 0.717) is 11.8 Å². The zero-order valence-electron chi connectivity index (χ0n) is 7.74. The van der Waals surface area contributed by atoms with Crippen LogP contribution < -0.4 is 0 Å². The van der Waals surface area contributed by atoms with Gasteiger partial charge in [-0.2, -0.15) is 0 Å². The summed E-state index contributed by atoms with van der Waals surface area (Å²) in [6.07, 6.45) is 4.83. The van der Waals surface area contributed by atoms with Gasteiger partial charge in [0, 0.05) is 10.7 Å². The van der Waals surface area contributed by atoms with Crippen LogP contribution in [0.15, 0.2) is 0 Å². The van der Waals surface area contributed by atoms with E-state index in [9.17, 15) is 8.42 Å². The minimum Gasteiger partial charge on any atom is -0.212 e. The molecule has 0 N–H and O–H groups in total. The molecule has 76 valence electrons. The molecular formula is C9H15ClO2S. The van der Waals surface area contributed by atoms with Gasteiger partial charge in [0.2, 0.25) is 9.05 Å². The molecule has 13 heavy (non-hydrogen) atoms. The molecule has 2 rings (SSSR count). The zero-order chi connectivity index (χ0) is 9.64. The Labute approximate surface area is 84.1 Å². The maximum absolute atomic E-state index is 11.2. The summed E-state index contributed by atoms with van der Waals surface area (Å²) in [5, 5.41) is -0.343. The van der Waals surface area contributed by atoms with E-state index in [0.717, 1.165) is 12.3 Å². The average Bonchev–Trinajstić information content (AvgIpc) is 2.60. The van der Waals surface area contributed by atoms with Crippen molar-refractivity contribution >= 4 is 19.7 Å². The van der Waals surface area contributed by atoms with Gasteiger partial charge in [0.15, 0.2) is 0 Å². The maximum Gasteiger partial charge on any atom is 0.235 e. The summed E-state index contributed by atoms with van der Waals surface area (Å²) in [4.78, 5) is 0. The predicted octanol–water partition coefficient (Wildman–Crippen LogP) is 2.38. The fourth-order valence-electron chi connectivity index (χ4n) is 3.08. The van der Waals surface area contributed by atoms with Gasteiger partial charge in [0.05, 0.1) is 5.25 Å². The van der Waals surface area contributed by atoms with Gasteiger partial charge >= 0.3 is 0 Å². The van der Waals surface area contributed by atoms with Gasteiger partial charge in [-0.15, -0.1) is 0 Å². The molecule has 0 spiro atoms. The molecule has 0 saturated heterocycles. The van der Waals surface area contributed by atoms with Gasteiger partial charge in [-0.05, 0) is 43.9 Å². The fraction of sp³-hybridized carbons (Fsp3) is 1.00. The van der Waals surface area contributed by atoms with Crippen LogP contribution in [0.4, 0.5) is 0 Å². The lowest BCUT2D eigenvalue weighted by Gasteiger charge is -2.25. The van der Waals surface area contributed by atoms with Crippen molar-refractivity contribution in [2.24, 2.45) is 17.8 Å². The molecule has 4 unspecified atom stereocenters. The van der Waals surface area contributed by atoms with Gasteiger partial charge in [0.1, 0.15) is 0 Å². The molecule has 0 aromatic carbocycles. The Hall–Kier alpha value is 0.240. The number of hydrogen-bond acceptors (Lipinski definition) is 2. The second-order valence-corrected chi connectivity index (χ2v) is 7.50. The van der Waals surface area contributed by atoms with Crippen LogP contribution in [0.2, 0.25) is 0 Å². The molecule has 0 radical (unpaired) electrons. The fourth-order valence-corrected chi connectivity index (χ4v) is 4.22. The quantitative estimate of drug-likeness (QED) is 0.673. The summed E-state index contributed by atoms with van der Waals surface area (Å²) in [5.74, 6) is 1.76. The molecule has 0 heterocycles. The van der Waals surface area contributed by atoms with Gasteiger partial charge < -0.3 is 0 Å². The Bertz CT molecular complexity index is 299. The second kappa shape index (κ2) is 3.13. The van der Waals surface area contributed by atoms with Gasteiger partial charge in [-0.3, -0.25) is 0 Å². The lowest BCUT2D eigenvalue weighted by atomic mass is 9.87. The molecule has 2 aliphatic rings. The van der Waals surface area contributed by atoms with E-state index >= 15 is 0 Å². The minimum atomic E-state index is -3.34. The first-order valence-corrected chi connectivity index (χ1v) is 7.29. The van der Waals surface area contributed by atoms with Crippen molar-refractivity contribution in [3.05, 3.63) is 0 Å². The molecule has 4 atom stereocenters. The lowest BCUT2D eigenvalue weighted by Crippen LogP contribution is -2.27. The molecule has 0 amide bonds. The molecule has 0 aromatic rings. The van der Waals surface area contributed by atoms with Crippen molar-refractivity contribution in [1.29, 1.82) is 0 Å². The minimum absolute atomic E-state index is 0.334. The highest BCUT2D eigenvalue weighted by Crippen LogP contribution is 2.50. The van der Waals surface area contributed by atoms with Crippen molar-refractivity contribution in [2.75, 3.05) is 0 Å². The van der Waals surface area contributed by atoms with Crippen LogP contribution in [-0.4, -0.2) is 13.7 Å². The summed E-state index contributed by atoms with van der Waals surface area (Å²) >= 11 is 0. The predicted molar refractivity (Wildman–Crippen MR) is 53.2 cm³/mol. The molecule has 4 heteroatoms. The Morgan fingerprint density at radius 3 is 2.38 bits per heavy atom. The van der Waals surface area contributed by atoms with Crippen LogP contribution in [0.5, 0.6) is 0 Å². The average molecular weight is 223 g/mol. The first-order chi connectivity index (χ1) is 5.98. The number of rotatable bonds is 2. The maximum atomic E-state index is 11.2. The van der Waals surface area contributed by atoms with Crippen molar-refractivity contribution in [3.8, 4) is 0 Å². The summed E-state index contributed by atoms with van der Waals surface area (Å²) in [6.45, 7) is 1.76. The third-order valence-corrected chi connectivity index (χ3v) is 5.92. The second-order valence-electron chi connectivity index (χ2n) is 4.52. The van der Waals surface area contributed by atoms with E-state index < -0.39 is 9.05 Å². The summed E-state index contributed by atoms with van der Waals surface area (Å²) in [6, 6.07) is 0. The van der Waals surface area contributed by atoms with Crippen molar-refractivity contribution < 1.29 is 8.42 Å². The Morgan fingerprint density at radius 2 is 2.00 bits per heavy atom. The van der Waals surface area contributed by atoms with E-state index in [4.69, 9.17) is 10.7 Å². The number of hydrogen-bond donors (Lipinski definition) is 0. The number of fused-ring (bicyclic) bond motifs is 2. The van der Waals surface area contributed by atoms with Crippen LogP contribution in [0.25, 0.3) is 0 Å². The van der Waals surface area contributed by atoms with Crippen LogP contribution in [0.3, 0.4) is 0 Å². The molecule has 2 bridgehead atoms. The van der Waals surface area contributed by atoms with E-state index in [1.165, 1.54) is 19.3 Å².